The van der Waals surface area contributed by atoms with Crippen molar-refractivity contribution in [1.82, 2.24) is 0 Å². The van der Waals surface area contributed by atoms with Gasteiger partial charge in [-0.2, -0.15) is 5.26 Å². The van der Waals surface area contributed by atoms with E-state index in [1.54, 1.807) is 12.1 Å². The van der Waals surface area contributed by atoms with Crippen molar-refractivity contribution >= 4 is 15.9 Å². The lowest BCUT2D eigenvalue weighted by Gasteiger charge is -2.37. The first kappa shape index (κ1) is 16.3. The summed E-state index contributed by atoms with van der Waals surface area (Å²) >= 11 is 3.13. The number of hydrogen-bond donors (Lipinski definition) is 0. The Balaban J connectivity index is 2.23. The van der Waals surface area contributed by atoms with Gasteiger partial charge in [0.15, 0.2) is 11.6 Å². The third-order valence-electron chi connectivity index (χ3n) is 4.41. The number of halogens is 2. The molecular formula is C17H21BrFNO. The van der Waals surface area contributed by atoms with Gasteiger partial charge in [0.2, 0.25) is 0 Å². The summed E-state index contributed by atoms with van der Waals surface area (Å²) in [5.41, 5.74) is 0.289. The topological polar surface area (TPSA) is 33.0 Å². The van der Waals surface area contributed by atoms with Gasteiger partial charge in [-0.25, -0.2) is 4.39 Å². The quantitative estimate of drug-likeness (QED) is 0.738. The van der Waals surface area contributed by atoms with Crippen LogP contribution in [0.5, 0.6) is 5.75 Å². The molecule has 2 rings (SSSR count). The molecule has 114 valence electrons. The number of nitrogens with zero attached hydrogens (tertiary/aromatic N) is 1. The molecule has 4 heteroatoms. The van der Waals surface area contributed by atoms with E-state index >= 15 is 0 Å². The molecule has 1 aromatic carbocycles. The number of hydrogen-bond acceptors (Lipinski definition) is 2. The zero-order valence-corrected chi connectivity index (χ0v) is 14.3. The van der Waals surface area contributed by atoms with Gasteiger partial charge in [0.05, 0.1) is 10.0 Å². The number of rotatable bonds is 3. The van der Waals surface area contributed by atoms with Crippen molar-refractivity contribution in [3.63, 3.8) is 0 Å². The molecule has 1 aromatic rings. The van der Waals surface area contributed by atoms with Crippen molar-refractivity contribution in [2.24, 2.45) is 17.8 Å². The second kappa shape index (κ2) is 6.79. The first-order valence-corrected chi connectivity index (χ1v) is 8.28. The lowest BCUT2D eigenvalue weighted by molar-refractivity contribution is 0.0430. The van der Waals surface area contributed by atoms with Crippen molar-refractivity contribution in [3.8, 4) is 11.8 Å². The molecule has 3 atom stereocenters. The Labute approximate surface area is 134 Å². The molecule has 21 heavy (non-hydrogen) atoms. The maximum Gasteiger partial charge on any atom is 0.180 e. The van der Waals surface area contributed by atoms with E-state index in [0.29, 0.717) is 17.8 Å². The van der Waals surface area contributed by atoms with E-state index < -0.39 is 5.82 Å². The highest BCUT2D eigenvalue weighted by Gasteiger charge is 2.33. The summed E-state index contributed by atoms with van der Waals surface area (Å²) in [4.78, 5) is 0. The highest BCUT2D eigenvalue weighted by atomic mass is 79.9. The van der Waals surface area contributed by atoms with Crippen LogP contribution in [0.2, 0.25) is 0 Å². The van der Waals surface area contributed by atoms with E-state index in [-0.39, 0.29) is 21.9 Å². The molecule has 0 bridgehead atoms. The summed E-state index contributed by atoms with van der Waals surface area (Å²) in [7, 11) is 0. The number of ether oxygens (including phenoxy) is 1. The van der Waals surface area contributed by atoms with Gasteiger partial charge in [-0.05, 0) is 58.7 Å². The summed E-state index contributed by atoms with van der Waals surface area (Å²) < 4.78 is 20.5. The largest absolute Gasteiger partial charge is 0.487 e. The highest BCUT2D eigenvalue weighted by molar-refractivity contribution is 9.10. The zero-order chi connectivity index (χ0) is 15.6. The van der Waals surface area contributed by atoms with Gasteiger partial charge in [-0.3, -0.25) is 0 Å². The van der Waals surface area contributed by atoms with Gasteiger partial charge in [-0.1, -0.05) is 27.2 Å². The van der Waals surface area contributed by atoms with Gasteiger partial charge in [0.1, 0.15) is 12.2 Å². The van der Waals surface area contributed by atoms with Crippen LogP contribution in [0.25, 0.3) is 0 Å². The second-order valence-corrected chi connectivity index (χ2v) is 7.13. The fraction of sp³-hybridized carbons (Fsp3) is 0.588. The molecule has 0 saturated heterocycles. The lowest BCUT2D eigenvalue weighted by Crippen LogP contribution is -2.36. The first-order valence-electron chi connectivity index (χ1n) is 7.48. The van der Waals surface area contributed by atoms with Crippen LogP contribution in [0.1, 0.15) is 45.6 Å². The average molecular weight is 354 g/mol. The number of nitriles is 1. The van der Waals surface area contributed by atoms with Crippen LogP contribution >= 0.6 is 15.9 Å². The molecule has 0 aromatic heterocycles. The fourth-order valence-corrected chi connectivity index (χ4v) is 3.54. The van der Waals surface area contributed by atoms with Crippen LogP contribution < -0.4 is 4.74 Å². The number of benzene rings is 1. The molecule has 1 fully saturated rings. The standard InChI is InChI=1S/C17H21BrFNO/c1-10(2)13-6-4-11(3)8-15(13)21-14-7-5-12(9-20)16(18)17(14)19/h5,7,10-11,13,15H,4,6,8H2,1-3H3. The summed E-state index contributed by atoms with van der Waals surface area (Å²) in [6, 6.07) is 5.12. The van der Waals surface area contributed by atoms with E-state index in [9.17, 15) is 4.39 Å². The zero-order valence-electron chi connectivity index (χ0n) is 12.7. The average Bonchev–Trinajstić information content (AvgIpc) is 2.44. The van der Waals surface area contributed by atoms with Gasteiger partial charge in [0, 0.05) is 0 Å². The Morgan fingerprint density at radius 2 is 2.10 bits per heavy atom. The van der Waals surface area contributed by atoms with Gasteiger partial charge < -0.3 is 4.74 Å². The molecule has 1 aliphatic carbocycles. The monoisotopic (exact) mass is 353 g/mol. The van der Waals surface area contributed by atoms with Crippen molar-refractivity contribution in [3.05, 3.63) is 28.0 Å². The SMILES string of the molecule is CC1CCC(C(C)C)C(Oc2ccc(C#N)c(Br)c2F)C1. The van der Waals surface area contributed by atoms with Crippen LogP contribution in [0.15, 0.2) is 16.6 Å². The predicted molar refractivity (Wildman–Crippen MR) is 84.6 cm³/mol. The minimum absolute atomic E-state index is 0.0445. The second-order valence-electron chi connectivity index (χ2n) is 6.33. The smallest absolute Gasteiger partial charge is 0.180 e. The maximum absolute atomic E-state index is 14.3. The van der Waals surface area contributed by atoms with Crippen molar-refractivity contribution in [1.29, 1.82) is 5.26 Å². The molecule has 0 N–H and O–H groups in total. The van der Waals surface area contributed by atoms with Crippen molar-refractivity contribution in [2.45, 2.75) is 46.1 Å². The molecule has 0 spiro atoms. The van der Waals surface area contributed by atoms with Crippen molar-refractivity contribution < 1.29 is 9.13 Å². The summed E-state index contributed by atoms with van der Waals surface area (Å²) in [5.74, 6) is 1.35. The Bertz CT molecular complexity index is 552. The van der Waals surface area contributed by atoms with Crippen molar-refractivity contribution in [2.75, 3.05) is 0 Å². The maximum atomic E-state index is 14.3. The molecule has 3 unspecified atom stereocenters. The molecule has 0 amide bonds. The third kappa shape index (κ3) is 3.58. The van der Waals surface area contributed by atoms with Gasteiger partial charge >= 0.3 is 0 Å². The first-order chi connectivity index (χ1) is 9.93. The van der Waals surface area contributed by atoms with Crippen LogP contribution in [0.3, 0.4) is 0 Å². The van der Waals surface area contributed by atoms with Crippen LogP contribution in [-0.2, 0) is 0 Å². The van der Waals surface area contributed by atoms with E-state index in [1.165, 1.54) is 6.42 Å². The van der Waals surface area contributed by atoms with Gasteiger partial charge in [0.25, 0.3) is 0 Å². The Morgan fingerprint density at radius 1 is 1.38 bits per heavy atom. The molecule has 1 aliphatic rings. The molecule has 0 aliphatic heterocycles. The Morgan fingerprint density at radius 3 is 2.71 bits per heavy atom. The Hall–Kier alpha value is -1.08. The molecule has 2 nitrogen and oxygen atoms in total. The Kier molecular flexibility index (Phi) is 5.27. The summed E-state index contributed by atoms with van der Waals surface area (Å²) in [6.45, 7) is 6.61. The molecule has 1 saturated carbocycles. The third-order valence-corrected chi connectivity index (χ3v) is 5.18. The van der Waals surface area contributed by atoms with Crippen LogP contribution in [0, 0.1) is 34.9 Å². The molecular weight excluding hydrogens is 333 g/mol. The summed E-state index contributed by atoms with van der Waals surface area (Å²) in [6.07, 6.45) is 3.34. The van der Waals surface area contributed by atoms with E-state index in [1.807, 2.05) is 6.07 Å². The minimum atomic E-state index is -0.477. The predicted octanol–water partition coefficient (Wildman–Crippen LogP) is 5.30. The molecule has 0 heterocycles. The lowest BCUT2D eigenvalue weighted by atomic mass is 9.75. The van der Waals surface area contributed by atoms with E-state index in [4.69, 9.17) is 10.00 Å². The highest BCUT2D eigenvalue weighted by Crippen LogP contribution is 2.37. The van der Waals surface area contributed by atoms with E-state index in [2.05, 4.69) is 36.7 Å². The van der Waals surface area contributed by atoms with Crippen LogP contribution in [-0.4, -0.2) is 6.10 Å². The van der Waals surface area contributed by atoms with Crippen LogP contribution in [0.4, 0.5) is 4.39 Å². The van der Waals surface area contributed by atoms with E-state index in [0.717, 1.165) is 12.8 Å². The normalized spacial score (nSPS) is 25.7. The minimum Gasteiger partial charge on any atom is -0.487 e. The summed E-state index contributed by atoms with van der Waals surface area (Å²) in [5, 5.41) is 8.92. The van der Waals surface area contributed by atoms with Gasteiger partial charge in [-0.15, -0.1) is 0 Å². The fourth-order valence-electron chi connectivity index (χ4n) is 3.12. The molecule has 0 radical (unpaired) electrons.